The Hall–Kier alpha value is -3.72. The highest BCUT2D eigenvalue weighted by atomic mass is 32.1. The quantitative estimate of drug-likeness (QED) is 0.453. The van der Waals surface area contributed by atoms with E-state index in [4.69, 9.17) is 4.74 Å². The number of aromatic nitrogens is 1. The summed E-state index contributed by atoms with van der Waals surface area (Å²) in [5.41, 5.74) is 4.56. The van der Waals surface area contributed by atoms with Crippen molar-refractivity contribution >= 4 is 34.4 Å². The number of carboxylic acids is 1. The molecule has 2 aliphatic rings. The van der Waals surface area contributed by atoms with E-state index in [1.54, 1.807) is 0 Å². The smallest absolute Gasteiger partial charge is 0.413 e. The molecule has 5 rings (SSSR count). The third kappa shape index (κ3) is 4.90. The number of hydrogen-bond donors (Lipinski definition) is 3. The van der Waals surface area contributed by atoms with Crippen LogP contribution in [0.5, 0.6) is 0 Å². The summed E-state index contributed by atoms with van der Waals surface area (Å²) in [6.07, 6.45) is 3.33. The van der Waals surface area contributed by atoms with E-state index in [0.29, 0.717) is 17.7 Å². The van der Waals surface area contributed by atoms with Gasteiger partial charge in [-0.15, -0.1) is 0 Å². The van der Waals surface area contributed by atoms with Gasteiger partial charge >= 0.3 is 12.1 Å². The second-order valence-electron chi connectivity index (χ2n) is 8.85. The second-order valence-corrected chi connectivity index (χ2v) is 9.88. The van der Waals surface area contributed by atoms with Crippen LogP contribution in [0.2, 0.25) is 0 Å². The molecule has 1 heterocycles. The molecule has 8 nitrogen and oxygen atoms in total. The van der Waals surface area contributed by atoms with Gasteiger partial charge in [0.05, 0.1) is 12.1 Å². The van der Waals surface area contributed by atoms with Crippen LogP contribution >= 0.6 is 11.3 Å². The van der Waals surface area contributed by atoms with Crippen molar-refractivity contribution in [3.63, 3.8) is 0 Å². The van der Waals surface area contributed by atoms with Gasteiger partial charge in [-0.3, -0.25) is 14.9 Å². The number of nitrogens with zero attached hydrogens (tertiary/aromatic N) is 1. The Labute approximate surface area is 206 Å². The first kappa shape index (κ1) is 23.0. The minimum Gasteiger partial charge on any atom is -0.481 e. The number of carbonyl (C=O) groups excluding carboxylic acids is 2. The average molecular weight is 492 g/mol. The van der Waals surface area contributed by atoms with E-state index in [1.807, 2.05) is 24.3 Å². The van der Waals surface area contributed by atoms with Crippen LogP contribution < -0.4 is 10.6 Å². The zero-order valence-electron chi connectivity index (χ0n) is 18.9. The van der Waals surface area contributed by atoms with Gasteiger partial charge in [-0.1, -0.05) is 66.3 Å². The Morgan fingerprint density at radius 2 is 1.71 bits per heavy atom. The number of aliphatic carboxylic acids is 1. The first-order valence-corrected chi connectivity index (χ1v) is 12.4. The van der Waals surface area contributed by atoms with Crippen molar-refractivity contribution in [2.24, 2.45) is 5.92 Å². The molecule has 0 unspecified atom stereocenters. The van der Waals surface area contributed by atoms with Crippen LogP contribution in [-0.2, 0) is 9.53 Å². The van der Waals surface area contributed by atoms with Crippen molar-refractivity contribution in [2.45, 2.75) is 37.6 Å². The number of anilines is 1. The highest BCUT2D eigenvalue weighted by Gasteiger charge is 2.30. The van der Waals surface area contributed by atoms with E-state index in [1.165, 1.54) is 6.20 Å². The molecular weight excluding hydrogens is 466 g/mol. The van der Waals surface area contributed by atoms with Gasteiger partial charge in [-0.05, 0) is 41.5 Å². The summed E-state index contributed by atoms with van der Waals surface area (Å²) in [5.74, 6) is -1.62. The van der Waals surface area contributed by atoms with Crippen LogP contribution in [0.1, 0.15) is 52.4 Å². The van der Waals surface area contributed by atoms with Gasteiger partial charge in [-0.2, -0.15) is 0 Å². The maximum atomic E-state index is 12.6. The van der Waals surface area contributed by atoms with Crippen molar-refractivity contribution in [1.82, 2.24) is 10.3 Å². The minimum atomic E-state index is -0.823. The van der Waals surface area contributed by atoms with E-state index >= 15 is 0 Å². The molecule has 3 aromatic rings. The zero-order chi connectivity index (χ0) is 24.4. The minimum absolute atomic E-state index is 0.0455. The fraction of sp³-hybridized carbons (Fsp3) is 0.308. The molecular formula is C26H25N3O5S. The summed E-state index contributed by atoms with van der Waals surface area (Å²) in [5, 5.41) is 15.0. The number of nitrogens with one attached hydrogen (secondary N) is 2. The third-order valence-corrected chi connectivity index (χ3v) is 7.55. The SMILES string of the molecule is O=C(Nc1ncc(C(=O)N[C@@H]2CCC[C@@H](C(=O)O)C2)s1)OCC1c2ccccc2-c2ccccc21. The molecule has 2 atom stereocenters. The zero-order valence-corrected chi connectivity index (χ0v) is 19.7. The molecule has 0 bridgehead atoms. The van der Waals surface area contributed by atoms with Crippen molar-refractivity contribution in [3.8, 4) is 11.1 Å². The Morgan fingerprint density at radius 3 is 2.40 bits per heavy atom. The van der Waals surface area contributed by atoms with Gasteiger partial charge in [0.25, 0.3) is 5.91 Å². The summed E-state index contributed by atoms with van der Waals surface area (Å²) in [7, 11) is 0. The molecule has 3 N–H and O–H groups in total. The largest absolute Gasteiger partial charge is 0.481 e. The fourth-order valence-corrected chi connectivity index (χ4v) is 5.67. The average Bonchev–Trinajstić information content (AvgIpc) is 3.46. The number of hydrogen-bond acceptors (Lipinski definition) is 6. The van der Waals surface area contributed by atoms with Gasteiger partial charge in [0.2, 0.25) is 0 Å². The number of carbonyl (C=O) groups is 3. The topological polar surface area (TPSA) is 118 Å². The monoisotopic (exact) mass is 491 g/mol. The van der Waals surface area contributed by atoms with Gasteiger partial charge in [0, 0.05) is 12.0 Å². The Balaban J connectivity index is 1.17. The van der Waals surface area contributed by atoms with Crippen molar-refractivity contribution in [2.75, 3.05) is 11.9 Å². The van der Waals surface area contributed by atoms with Crippen LogP contribution in [0, 0.1) is 5.92 Å². The highest BCUT2D eigenvalue weighted by Crippen LogP contribution is 2.44. The fourth-order valence-electron chi connectivity index (χ4n) is 4.96. The van der Waals surface area contributed by atoms with Crippen molar-refractivity contribution < 1.29 is 24.2 Å². The third-order valence-electron chi connectivity index (χ3n) is 6.64. The van der Waals surface area contributed by atoms with Crippen molar-refractivity contribution in [1.29, 1.82) is 0 Å². The van der Waals surface area contributed by atoms with Crippen LogP contribution in [0.3, 0.4) is 0 Å². The van der Waals surface area contributed by atoms with Crippen LogP contribution in [0.4, 0.5) is 9.93 Å². The summed E-state index contributed by atoms with van der Waals surface area (Å²) in [6.45, 7) is 0.186. The second kappa shape index (κ2) is 9.87. The maximum Gasteiger partial charge on any atom is 0.413 e. The van der Waals surface area contributed by atoms with E-state index in [2.05, 4.69) is 39.9 Å². The van der Waals surface area contributed by atoms with Crippen LogP contribution in [0.25, 0.3) is 11.1 Å². The molecule has 9 heteroatoms. The van der Waals surface area contributed by atoms with Crippen molar-refractivity contribution in [3.05, 3.63) is 70.7 Å². The first-order chi connectivity index (χ1) is 17.0. The predicted octanol–water partition coefficient (Wildman–Crippen LogP) is 4.88. The lowest BCUT2D eigenvalue weighted by atomic mass is 9.86. The van der Waals surface area contributed by atoms with Crippen LogP contribution in [0.15, 0.2) is 54.7 Å². The molecule has 1 saturated carbocycles. The molecule has 2 amide bonds. The number of fused-ring (bicyclic) bond motifs is 3. The van der Waals surface area contributed by atoms with Crippen LogP contribution in [-0.4, -0.2) is 40.7 Å². The number of benzene rings is 2. The molecule has 0 radical (unpaired) electrons. The lowest BCUT2D eigenvalue weighted by molar-refractivity contribution is -0.143. The van der Waals surface area contributed by atoms with Gasteiger partial charge in [0.15, 0.2) is 5.13 Å². The molecule has 2 aromatic carbocycles. The van der Waals surface area contributed by atoms with Gasteiger partial charge in [-0.25, -0.2) is 9.78 Å². The molecule has 0 saturated heterocycles. The molecule has 1 aromatic heterocycles. The number of thiazole rings is 1. The molecule has 0 aliphatic heterocycles. The molecule has 0 spiro atoms. The summed E-state index contributed by atoms with van der Waals surface area (Å²) in [4.78, 5) is 40.8. The van der Waals surface area contributed by atoms with Gasteiger partial charge in [0.1, 0.15) is 11.5 Å². The maximum absolute atomic E-state index is 12.6. The molecule has 2 aliphatic carbocycles. The number of rotatable bonds is 6. The number of carboxylic acid groups (broad SMARTS) is 1. The lowest BCUT2D eigenvalue weighted by Gasteiger charge is -2.27. The molecule has 1 fully saturated rings. The van der Waals surface area contributed by atoms with Gasteiger partial charge < -0.3 is 15.2 Å². The number of ether oxygens (including phenoxy) is 1. The first-order valence-electron chi connectivity index (χ1n) is 11.6. The number of amides is 2. The Bertz CT molecular complexity index is 1230. The predicted molar refractivity (Wildman–Crippen MR) is 132 cm³/mol. The van der Waals surface area contributed by atoms with E-state index in [0.717, 1.165) is 46.4 Å². The summed E-state index contributed by atoms with van der Waals surface area (Å²) >= 11 is 1.05. The highest BCUT2D eigenvalue weighted by molar-refractivity contribution is 7.17. The van der Waals surface area contributed by atoms with E-state index in [9.17, 15) is 19.5 Å². The van der Waals surface area contributed by atoms with E-state index in [-0.39, 0.29) is 29.6 Å². The standard InChI is InChI=1S/C26H25N3O5S/c30-23(28-16-7-5-6-15(12-16)24(31)32)22-13-27-25(35-22)29-26(33)34-14-21-19-10-3-1-8-17(19)18-9-2-4-11-20(18)21/h1-4,8-11,13,15-16,21H,5-7,12,14H2,(H,28,30)(H,31,32)(H,27,29,33)/t15-,16-/m1/s1. The summed E-state index contributed by atoms with van der Waals surface area (Å²) < 4.78 is 5.53. The van der Waals surface area contributed by atoms with E-state index < -0.39 is 18.0 Å². The summed E-state index contributed by atoms with van der Waals surface area (Å²) in [6, 6.07) is 16.0. The molecule has 35 heavy (non-hydrogen) atoms. The molecule has 180 valence electrons. The Kier molecular flexibility index (Phi) is 6.50. The normalized spacial score (nSPS) is 18.9. The lowest BCUT2D eigenvalue weighted by Crippen LogP contribution is -2.39. The Morgan fingerprint density at radius 1 is 1.03 bits per heavy atom.